The lowest BCUT2D eigenvalue weighted by Gasteiger charge is -2.11. The number of aryl methyl sites for hydroxylation is 1. The van der Waals surface area contributed by atoms with Crippen LogP contribution in [0.1, 0.15) is 11.3 Å². The number of benzene rings is 2. The molecule has 4 aromatic rings. The van der Waals surface area contributed by atoms with E-state index in [1.807, 2.05) is 24.3 Å². The summed E-state index contributed by atoms with van der Waals surface area (Å²) in [4.78, 5) is 12.3. The van der Waals surface area contributed by atoms with Gasteiger partial charge in [-0.1, -0.05) is 28.1 Å². The maximum atomic E-state index is 12.3. The summed E-state index contributed by atoms with van der Waals surface area (Å²) in [6, 6.07) is 10.6. The highest BCUT2D eigenvalue weighted by Gasteiger charge is 2.21. The Morgan fingerprint density at radius 1 is 1.16 bits per heavy atom. The van der Waals surface area contributed by atoms with E-state index in [1.54, 1.807) is 13.0 Å². The van der Waals surface area contributed by atoms with E-state index in [2.05, 4.69) is 15.9 Å². The molecule has 0 radical (unpaired) electrons. The largest absolute Gasteiger partial charge is 0.506 e. The van der Waals surface area contributed by atoms with Gasteiger partial charge in [-0.3, -0.25) is 4.79 Å². The molecule has 0 saturated carbocycles. The number of ether oxygens (including phenoxy) is 1. The number of aromatic hydroxyl groups is 1. The van der Waals surface area contributed by atoms with E-state index in [4.69, 9.17) is 13.6 Å². The van der Waals surface area contributed by atoms with Crippen molar-refractivity contribution in [3.8, 4) is 11.5 Å². The molecular formula is C19H13BrO5. The molecule has 0 amide bonds. The minimum Gasteiger partial charge on any atom is -0.506 e. The Morgan fingerprint density at radius 3 is 2.68 bits per heavy atom. The van der Waals surface area contributed by atoms with Crippen LogP contribution in [-0.2, 0) is 6.61 Å². The smallest absolute Gasteiger partial charge is 0.206 e. The summed E-state index contributed by atoms with van der Waals surface area (Å²) in [7, 11) is 0. The van der Waals surface area contributed by atoms with Crippen LogP contribution >= 0.6 is 15.9 Å². The molecule has 1 N–H and O–H groups in total. The van der Waals surface area contributed by atoms with Gasteiger partial charge >= 0.3 is 0 Å². The standard InChI is InChI=1S/C19H13BrO5/c1-10-8-14(21)15-16(22)13-6-7-23-17(13)19(18(15)25-10)24-9-11-2-4-12(20)5-3-11/h2-8,22H,9H2,1H3. The summed E-state index contributed by atoms with van der Waals surface area (Å²) >= 11 is 3.39. The first-order valence-electron chi connectivity index (χ1n) is 7.58. The predicted molar refractivity (Wildman–Crippen MR) is 97.1 cm³/mol. The van der Waals surface area contributed by atoms with Crippen molar-refractivity contribution in [2.45, 2.75) is 13.5 Å². The third-order valence-corrected chi connectivity index (χ3v) is 4.47. The molecule has 0 aliphatic rings. The average Bonchev–Trinajstić information content (AvgIpc) is 3.05. The topological polar surface area (TPSA) is 72.8 Å². The van der Waals surface area contributed by atoms with E-state index in [0.717, 1.165) is 10.0 Å². The van der Waals surface area contributed by atoms with Gasteiger partial charge in [0.05, 0.1) is 11.6 Å². The maximum absolute atomic E-state index is 12.3. The van der Waals surface area contributed by atoms with Crippen molar-refractivity contribution in [1.29, 1.82) is 0 Å². The Balaban J connectivity index is 1.91. The van der Waals surface area contributed by atoms with Crippen molar-refractivity contribution in [3.63, 3.8) is 0 Å². The molecule has 5 nitrogen and oxygen atoms in total. The lowest BCUT2D eigenvalue weighted by Crippen LogP contribution is -2.03. The Labute approximate surface area is 150 Å². The molecule has 0 atom stereocenters. The van der Waals surface area contributed by atoms with Gasteiger partial charge < -0.3 is 18.7 Å². The summed E-state index contributed by atoms with van der Waals surface area (Å²) in [5.41, 5.74) is 1.14. The zero-order chi connectivity index (χ0) is 17.6. The Bertz CT molecular complexity index is 1140. The van der Waals surface area contributed by atoms with Gasteiger partial charge in [0.1, 0.15) is 23.5 Å². The molecule has 4 rings (SSSR count). The molecule has 2 heterocycles. The SMILES string of the molecule is Cc1cc(=O)c2c(O)c3ccoc3c(OCc3ccc(Br)cc3)c2o1. The monoisotopic (exact) mass is 400 g/mol. The van der Waals surface area contributed by atoms with E-state index in [1.165, 1.54) is 12.3 Å². The van der Waals surface area contributed by atoms with Crippen LogP contribution < -0.4 is 10.2 Å². The fraction of sp³-hybridized carbons (Fsp3) is 0.105. The highest BCUT2D eigenvalue weighted by Crippen LogP contribution is 2.41. The second-order valence-electron chi connectivity index (χ2n) is 5.68. The van der Waals surface area contributed by atoms with Gasteiger partial charge in [-0.15, -0.1) is 0 Å². The van der Waals surface area contributed by atoms with Gasteiger partial charge in [0.25, 0.3) is 0 Å². The van der Waals surface area contributed by atoms with Crippen LogP contribution in [0.15, 0.2) is 60.8 Å². The van der Waals surface area contributed by atoms with Crippen LogP contribution in [0.4, 0.5) is 0 Å². The van der Waals surface area contributed by atoms with Crippen LogP contribution in [0.3, 0.4) is 0 Å². The molecule has 2 aromatic carbocycles. The molecule has 0 aliphatic heterocycles. The molecule has 0 bridgehead atoms. The van der Waals surface area contributed by atoms with E-state index in [9.17, 15) is 9.90 Å². The molecular weight excluding hydrogens is 388 g/mol. The lowest BCUT2D eigenvalue weighted by atomic mass is 10.1. The number of phenolic OH excluding ortho intramolecular Hbond substituents is 1. The normalized spacial score (nSPS) is 11.3. The third kappa shape index (κ3) is 2.68. The molecule has 126 valence electrons. The quantitative estimate of drug-likeness (QED) is 0.529. The van der Waals surface area contributed by atoms with Crippen LogP contribution in [0.25, 0.3) is 21.9 Å². The summed E-state index contributed by atoms with van der Waals surface area (Å²) < 4.78 is 18.1. The molecule has 2 aromatic heterocycles. The lowest BCUT2D eigenvalue weighted by molar-refractivity contribution is 0.303. The van der Waals surface area contributed by atoms with Gasteiger partial charge in [0.15, 0.2) is 16.6 Å². The van der Waals surface area contributed by atoms with Crippen LogP contribution in [0, 0.1) is 6.92 Å². The first-order chi connectivity index (χ1) is 12.0. The Morgan fingerprint density at radius 2 is 1.92 bits per heavy atom. The minimum absolute atomic E-state index is 0.0882. The highest BCUT2D eigenvalue weighted by atomic mass is 79.9. The Hall–Kier alpha value is -2.73. The number of rotatable bonds is 3. The molecule has 6 heteroatoms. The summed E-state index contributed by atoms with van der Waals surface area (Å²) in [6.45, 7) is 1.93. The molecule has 0 fully saturated rings. The number of hydrogen-bond donors (Lipinski definition) is 1. The van der Waals surface area contributed by atoms with Gasteiger partial charge in [-0.25, -0.2) is 0 Å². The number of furan rings is 1. The van der Waals surface area contributed by atoms with Crippen molar-refractivity contribution in [1.82, 2.24) is 0 Å². The fourth-order valence-corrected chi connectivity index (χ4v) is 3.04. The van der Waals surface area contributed by atoms with Crippen molar-refractivity contribution in [2.24, 2.45) is 0 Å². The number of fused-ring (bicyclic) bond motifs is 2. The van der Waals surface area contributed by atoms with E-state index in [0.29, 0.717) is 22.5 Å². The van der Waals surface area contributed by atoms with Crippen molar-refractivity contribution >= 4 is 37.9 Å². The zero-order valence-corrected chi connectivity index (χ0v) is 14.8. The number of halogens is 1. The average molecular weight is 401 g/mol. The van der Waals surface area contributed by atoms with E-state index >= 15 is 0 Å². The van der Waals surface area contributed by atoms with Gasteiger partial charge in [-0.2, -0.15) is 0 Å². The number of hydrogen-bond acceptors (Lipinski definition) is 5. The van der Waals surface area contributed by atoms with Crippen molar-refractivity contribution < 1.29 is 18.7 Å². The van der Waals surface area contributed by atoms with Crippen LogP contribution in [0.5, 0.6) is 11.5 Å². The van der Waals surface area contributed by atoms with Gasteiger partial charge in [0.2, 0.25) is 5.75 Å². The molecule has 25 heavy (non-hydrogen) atoms. The number of phenols is 1. The van der Waals surface area contributed by atoms with Crippen LogP contribution in [0.2, 0.25) is 0 Å². The maximum Gasteiger partial charge on any atom is 0.206 e. The van der Waals surface area contributed by atoms with Crippen LogP contribution in [-0.4, -0.2) is 5.11 Å². The molecule has 0 aliphatic carbocycles. The van der Waals surface area contributed by atoms with Crippen molar-refractivity contribution in [2.75, 3.05) is 0 Å². The second kappa shape index (κ2) is 5.97. The van der Waals surface area contributed by atoms with Gasteiger partial charge in [0, 0.05) is 10.5 Å². The third-order valence-electron chi connectivity index (χ3n) is 3.94. The van der Waals surface area contributed by atoms with Gasteiger partial charge in [-0.05, 0) is 30.7 Å². The highest BCUT2D eigenvalue weighted by molar-refractivity contribution is 9.10. The molecule has 0 unspecified atom stereocenters. The van der Waals surface area contributed by atoms with E-state index in [-0.39, 0.29) is 28.8 Å². The summed E-state index contributed by atoms with van der Waals surface area (Å²) in [6.07, 6.45) is 1.44. The van der Waals surface area contributed by atoms with Crippen molar-refractivity contribution in [3.05, 3.63) is 68.7 Å². The molecule has 0 saturated heterocycles. The summed E-state index contributed by atoms with van der Waals surface area (Å²) in [5, 5.41) is 10.9. The van der Waals surface area contributed by atoms with E-state index < -0.39 is 0 Å². The zero-order valence-electron chi connectivity index (χ0n) is 13.2. The second-order valence-corrected chi connectivity index (χ2v) is 6.60. The molecule has 0 spiro atoms. The fourth-order valence-electron chi connectivity index (χ4n) is 2.77. The predicted octanol–water partition coefficient (Wildman–Crippen LogP) is 4.89. The minimum atomic E-state index is -0.326. The summed E-state index contributed by atoms with van der Waals surface area (Å²) in [5.74, 6) is 0.566. The first-order valence-corrected chi connectivity index (χ1v) is 8.37. The Kier molecular flexibility index (Phi) is 3.77. The first kappa shape index (κ1) is 15.8.